The number of esters is 1. The Hall–Kier alpha value is -4.58. The molecule has 0 spiro atoms. The lowest BCUT2D eigenvalue weighted by atomic mass is 9.82. The summed E-state index contributed by atoms with van der Waals surface area (Å²) < 4.78 is 24.1. The molecule has 2 bridgehead atoms. The van der Waals surface area contributed by atoms with E-state index in [-0.39, 0.29) is 43.4 Å². The van der Waals surface area contributed by atoms with Crippen molar-refractivity contribution in [3.63, 3.8) is 0 Å². The molecule has 3 fully saturated rings. The van der Waals surface area contributed by atoms with Crippen molar-refractivity contribution in [1.82, 2.24) is 15.1 Å². The van der Waals surface area contributed by atoms with E-state index in [0.29, 0.717) is 65.0 Å². The van der Waals surface area contributed by atoms with Crippen molar-refractivity contribution in [3.8, 4) is 0 Å². The van der Waals surface area contributed by atoms with Gasteiger partial charge in [-0.15, -0.1) is 0 Å². The van der Waals surface area contributed by atoms with Crippen LogP contribution < -0.4 is 16.8 Å². The summed E-state index contributed by atoms with van der Waals surface area (Å²) in [6, 6.07) is -1.52. The highest BCUT2D eigenvalue weighted by atomic mass is 16.7. The van der Waals surface area contributed by atoms with E-state index >= 15 is 0 Å². The molecular formula is C63H103N5O19. The molecule has 87 heavy (non-hydrogen) atoms. The van der Waals surface area contributed by atoms with Crippen molar-refractivity contribution in [2.45, 2.75) is 228 Å². The summed E-state index contributed by atoms with van der Waals surface area (Å²) in [7, 11) is 0. The molecule has 4 aliphatic rings. The number of piperazine rings is 1. The summed E-state index contributed by atoms with van der Waals surface area (Å²) in [6.07, 6.45) is 7.46. The Morgan fingerprint density at radius 2 is 1.31 bits per heavy atom. The van der Waals surface area contributed by atoms with Gasteiger partial charge in [-0.05, 0) is 65.3 Å². The fraction of sp³-hybridized carbons (Fsp3) is 0.714. The largest absolute Gasteiger partial charge is 0.481 e. The number of aliphatic hydroxyl groups excluding tert-OH is 9. The van der Waals surface area contributed by atoms with Crippen LogP contribution in [-0.4, -0.2) is 233 Å². The highest BCUT2D eigenvalue weighted by molar-refractivity contribution is 5.81. The monoisotopic (exact) mass is 1230 g/mol. The third kappa shape index (κ3) is 26.0. The van der Waals surface area contributed by atoms with Crippen LogP contribution in [0.2, 0.25) is 0 Å². The minimum atomic E-state index is -2.38. The number of unbranched alkanes of at least 4 members (excludes halogenated alkanes) is 3. The molecule has 12 unspecified atom stereocenters. The second kappa shape index (κ2) is 38.9. The molecule has 24 nitrogen and oxygen atoms in total. The molecule has 0 radical (unpaired) electrons. The zero-order chi connectivity index (χ0) is 64.2. The molecule has 494 valence electrons. The fourth-order valence-corrected chi connectivity index (χ4v) is 11.3. The third-order valence-electron chi connectivity index (χ3n) is 16.7. The molecule has 16 N–H and O–H groups in total. The maximum Gasteiger partial charge on any atom is 0.311 e. The van der Waals surface area contributed by atoms with E-state index in [1.165, 1.54) is 0 Å². The molecule has 20 atom stereocenters. The van der Waals surface area contributed by atoms with Gasteiger partial charge in [0.25, 0.3) is 0 Å². The van der Waals surface area contributed by atoms with Crippen molar-refractivity contribution in [3.05, 3.63) is 85.1 Å². The van der Waals surface area contributed by atoms with Gasteiger partial charge in [0.05, 0.1) is 85.6 Å². The zero-order valence-corrected chi connectivity index (χ0v) is 51.1. The van der Waals surface area contributed by atoms with E-state index in [2.05, 4.69) is 5.32 Å². The van der Waals surface area contributed by atoms with Crippen molar-refractivity contribution in [2.24, 2.45) is 29.2 Å². The predicted molar refractivity (Wildman–Crippen MR) is 323 cm³/mol. The molecule has 0 aromatic carbocycles. The number of carboxylic acid groups (broad SMARTS) is 1. The van der Waals surface area contributed by atoms with Crippen molar-refractivity contribution >= 4 is 23.8 Å². The van der Waals surface area contributed by atoms with E-state index in [9.17, 15) is 75.3 Å². The molecule has 4 aliphatic heterocycles. The number of allylic oxidation sites excluding steroid dienone is 12. The number of cyclic esters (lactones) is 1. The van der Waals surface area contributed by atoms with E-state index < -0.39 is 153 Å². The van der Waals surface area contributed by atoms with Gasteiger partial charge >= 0.3 is 11.9 Å². The molecule has 0 aromatic rings. The number of carbonyl (C=O) groups is 4. The molecule has 4 heterocycles. The Morgan fingerprint density at radius 1 is 0.690 bits per heavy atom. The molecule has 24 heteroatoms. The van der Waals surface area contributed by atoms with Crippen molar-refractivity contribution in [1.29, 1.82) is 0 Å². The highest BCUT2D eigenvalue weighted by Gasteiger charge is 2.52. The first-order chi connectivity index (χ1) is 41.3. The average Bonchev–Trinajstić information content (AvgIpc) is 1.44. The fourth-order valence-electron chi connectivity index (χ4n) is 11.3. The van der Waals surface area contributed by atoms with Gasteiger partial charge in [0, 0.05) is 76.7 Å². The number of aliphatic carboxylic acids is 1. The number of nitrogens with two attached hydrogens (primary N) is 2. The standard InChI is InChI=1S/C63H103N5O19/c1-40-22-16-13-11-9-7-5-6-8-10-12-14-17-23-47(86-62-59(79)56(58(78)43(4)85-62)68-32-30-67(31-33-68)53(75)25-18-15-21-29-66-60(80)48(65)24-19-20-28-64)37-52-55(61(81)82)51(74)39-63(83,87-52)38-46(71)35-50(73)49(72)27-26-44(69)34-45(70)36-54(76)84-42(3)41(2)57(40)77/h5-14,16-17,22-23,40-52,55-59,62,69-74,77-79,83H,15,18-21,24-39,64-65H2,1-4H3,(H,66,80)(H,81,82)/b6-5+,9-7+,10-8+,13-11+,14-12+,22-16+,23-17+/t40-,41-,42-,43+,44?,45?,46?,47?,48?,49?,50?,51-,52?,55?,56-,57?,58?,59-,62-,63?/m0/s1. The lowest BCUT2D eigenvalue weighted by Crippen LogP contribution is -2.66. The summed E-state index contributed by atoms with van der Waals surface area (Å²) in [5.74, 6) is -7.24. The molecular weight excluding hydrogens is 1130 g/mol. The number of carboxylic acids is 1. The summed E-state index contributed by atoms with van der Waals surface area (Å²) in [6.45, 7) is 9.06. The number of amides is 2. The van der Waals surface area contributed by atoms with Gasteiger partial charge in [0.1, 0.15) is 18.1 Å². The minimum absolute atomic E-state index is 0.0417. The van der Waals surface area contributed by atoms with Crippen LogP contribution >= 0.6 is 0 Å². The average molecular weight is 1230 g/mol. The van der Waals surface area contributed by atoms with Gasteiger partial charge < -0.3 is 96.8 Å². The van der Waals surface area contributed by atoms with Gasteiger partial charge in [0.15, 0.2) is 12.1 Å². The van der Waals surface area contributed by atoms with Crippen LogP contribution in [0.15, 0.2) is 85.1 Å². The van der Waals surface area contributed by atoms with Gasteiger partial charge in [-0.3, -0.25) is 24.1 Å². The third-order valence-corrected chi connectivity index (χ3v) is 16.7. The van der Waals surface area contributed by atoms with Crippen LogP contribution in [0.3, 0.4) is 0 Å². The number of nitrogens with zero attached hydrogens (tertiary/aromatic N) is 2. The van der Waals surface area contributed by atoms with Gasteiger partial charge in [-0.1, -0.05) is 112 Å². The lowest BCUT2D eigenvalue weighted by Gasteiger charge is -2.49. The van der Waals surface area contributed by atoms with Crippen molar-refractivity contribution in [2.75, 3.05) is 39.3 Å². The van der Waals surface area contributed by atoms with E-state index in [1.54, 1.807) is 92.5 Å². The quantitative estimate of drug-likeness (QED) is 0.0804. The number of aliphatic hydroxyl groups is 10. The number of hydrogen-bond acceptors (Lipinski definition) is 21. The van der Waals surface area contributed by atoms with Crippen LogP contribution in [0.1, 0.15) is 124 Å². The topological polar surface area (TPSA) is 398 Å². The Kier molecular flexibility index (Phi) is 33.4. The lowest BCUT2D eigenvalue weighted by molar-refractivity contribution is -0.312. The van der Waals surface area contributed by atoms with Gasteiger partial charge in [-0.25, -0.2) is 0 Å². The molecule has 0 aliphatic carbocycles. The van der Waals surface area contributed by atoms with Crippen LogP contribution in [0.25, 0.3) is 0 Å². The second-order valence-electron chi connectivity index (χ2n) is 23.9. The first-order valence-electron chi connectivity index (χ1n) is 31.0. The van der Waals surface area contributed by atoms with Crippen LogP contribution in [-0.2, 0) is 38.1 Å². The number of ether oxygens (including phenoxy) is 4. The Labute approximate surface area is 512 Å². The van der Waals surface area contributed by atoms with Crippen molar-refractivity contribution < 1.29 is 94.3 Å². The Bertz CT molecular complexity index is 2280. The van der Waals surface area contributed by atoms with Crippen LogP contribution in [0, 0.1) is 17.8 Å². The van der Waals surface area contributed by atoms with E-state index in [0.717, 1.165) is 19.3 Å². The highest BCUT2D eigenvalue weighted by Crippen LogP contribution is 2.39. The minimum Gasteiger partial charge on any atom is -0.481 e. The number of nitrogens with one attached hydrogen (secondary N) is 1. The van der Waals surface area contributed by atoms with Crippen LogP contribution in [0.4, 0.5) is 0 Å². The Morgan fingerprint density at radius 3 is 1.93 bits per heavy atom. The summed E-state index contributed by atoms with van der Waals surface area (Å²) >= 11 is 0. The SMILES string of the molecule is C[C@@H]1OC(=O)CC(O)CC(O)CCC(O)C(O)CC(O)CC2(O)C[C@H](O)C(C(=O)O)C(CC(O[C@@H]3O[C@H](C)C(O)[C@H](N4CCN(C(=O)CCCCCNC(=O)C(N)CCCCN)CC4)[C@@H]3O)/C=C/C=C/C=C/C=C/C=C/C=C/C=C/[C@H](C)C(O)[C@H]1C)O2. The molecule has 0 saturated carbocycles. The molecule has 2 amide bonds. The van der Waals surface area contributed by atoms with Gasteiger partial charge in [0.2, 0.25) is 11.8 Å². The molecule has 0 aromatic heterocycles. The van der Waals surface area contributed by atoms with E-state index in [1.807, 2.05) is 30.1 Å². The Balaban J connectivity index is 1.50. The van der Waals surface area contributed by atoms with E-state index in [4.69, 9.17) is 30.4 Å². The normalized spacial score (nSPS) is 38.6. The predicted octanol–water partition coefficient (Wildman–Crippen LogP) is 1.03. The maximum atomic E-state index is 13.3. The molecule has 4 rings (SSSR count). The maximum absolute atomic E-state index is 13.3. The summed E-state index contributed by atoms with van der Waals surface area (Å²) in [5, 5.41) is 125. The number of hydrogen-bond donors (Lipinski definition) is 14. The second-order valence-corrected chi connectivity index (χ2v) is 23.9. The first-order valence-corrected chi connectivity index (χ1v) is 31.0. The molecule has 3 saturated heterocycles. The number of rotatable bonds is 15. The van der Waals surface area contributed by atoms with Gasteiger partial charge in [-0.2, -0.15) is 0 Å². The summed E-state index contributed by atoms with van der Waals surface area (Å²) in [5.41, 5.74) is 11.5. The first kappa shape index (κ1) is 74.9. The number of carbonyl (C=O) groups excluding carboxylic acids is 3. The van der Waals surface area contributed by atoms with Crippen LogP contribution in [0.5, 0.6) is 0 Å². The zero-order valence-electron chi connectivity index (χ0n) is 51.1. The summed E-state index contributed by atoms with van der Waals surface area (Å²) in [4.78, 5) is 54.7. The smallest absolute Gasteiger partial charge is 0.311 e. The number of fused-ring (bicyclic) bond motifs is 2.